The van der Waals surface area contributed by atoms with Crippen LogP contribution in [-0.2, 0) is 6.54 Å². The van der Waals surface area contributed by atoms with Crippen LogP contribution in [0.2, 0.25) is 5.02 Å². The van der Waals surface area contributed by atoms with Crippen LogP contribution in [0.15, 0.2) is 18.2 Å². The molecule has 4 nitrogen and oxygen atoms in total. The Labute approximate surface area is 99.8 Å². The third kappa shape index (κ3) is 3.47. The molecule has 0 spiro atoms. The lowest BCUT2D eigenvalue weighted by atomic mass is 10.1. The summed E-state index contributed by atoms with van der Waals surface area (Å²) in [7, 11) is 0. The van der Waals surface area contributed by atoms with E-state index in [9.17, 15) is 10.1 Å². The predicted octanol–water partition coefficient (Wildman–Crippen LogP) is 2.99. The van der Waals surface area contributed by atoms with Crippen LogP contribution < -0.4 is 5.32 Å². The van der Waals surface area contributed by atoms with Crippen molar-refractivity contribution in [2.45, 2.75) is 20.4 Å². The summed E-state index contributed by atoms with van der Waals surface area (Å²) < 4.78 is 0. The molecule has 1 aromatic rings. The maximum absolute atomic E-state index is 10.8. The van der Waals surface area contributed by atoms with Gasteiger partial charge in [0.15, 0.2) is 0 Å². The third-order valence-corrected chi connectivity index (χ3v) is 2.50. The minimum Gasteiger partial charge on any atom is -0.312 e. The number of nitro benzene ring substituents is 1. The fourth-order valence-corrected chi connectivity index (χ4v) is 1.62. The van der Waals surface area contributed by atoms with Gasteiger partial charge in [-0.2, -0.15) is 0 Å². The number of halogens is 1. The van der Waals surface area contributed by atoms with Crippen molar-refractivity contribution >= 4 is 17.3 Å². The number of hydrogen-bond donors (Lipinski definition) is 1. The van der Waals surface area contributed by atoms with Gasteiger partial charge >= 0.3 is 0 Å². The number of nitrogens with zero attached hydrogens (tertiary/aromatic N) is 1. The molecule has 0 aliphatic heterocycles. The Balaban J connectivity index is 2.80. The zero-order valence-corrected chi connectivity index (χ0v) is 10.1. The largest absolute Gasteiger partial charge is 0.312 e. The molecule has 0 aliphatic carbocycles. The number of hydrogen-bond acceptors (Lipinski definition) is 3. The Bertz CT molecular complexity index is 380. The Morgan fingerprint density at radius 3 is 2.75 bits per heavy atom. The van der Waals surface area contributed by atoms with Crippen molar-refractivity contribution in [1.82, 2.24) is 5.32 Å². The highest BCUT2D eigenvalue weighted by Gasteiger charge is 2.15. The van der Waals surface area contributed by atoms with Gasteiger partial charge in [-0.05, 0) is 18.5 Å². The van der Waals surface area contributed by atoms with E-state index in [2.05, 4.69) is 19.2 Å². The summed E-state index contributed by atoms with van der Waals surface area (Å²) in [4.78, 5) is 10.4. The normalized spacial score (nSPS) is 10.8. The van der Waals surface area contributed by atoms with E-state index in [0.29, 0.717) is 23.0 Å². The molecule has 1 aromatic carbocycles. The van der Waals surface area contributed by atoms with Crippen molar-refractivity contribution in [3.8, 4) is 0 Å². The monoisotopic (exact) mass is 242 g/mol. The molecule has 0 bridgehead atoms. The maximum Gasteiger partial charge on any atom is 0.275 e. The highest BCUT2D eigenvalue weighted by Crippen LogP contribution is 2.25. The molecule has 1 N–H and O–H groups in total. The number of nitro groups is 1. The first-order valence-electron chi connectivity index (χ1n) is 5.15. The Morgan fingerprint density at radius 1 is 1.50 bits per heavy atom. The second kappa shape index (κ2) is 5.82. The molecule has 0 unspecified atom stereocenters. The zero-order valence-electron chi connectivity index (χ0n) is 9.37. The van der Waals surface area contributed by atoms with Gasteiger partial charge in [-0.15, -0.1) is 0 Å². The van der Waals surface area contributed by atoms with Gasteiger partial charge in [-0.3, -0.25) is 10.1 Å². The van der Waals surface area contributed by atoms with Crippen molar-refractivity contribution in [2.75, 3.05) is 6.54 Å². The molecular weight excluding hydrogens is 228 g/mol. The predicted molar refractivity (Wildman–Crippen MR) is 64.7 cm³/mol. The second-order valence-corrected chi connectivity index (χ2v) is 4.43. The molecule has 0 atom stereocenters. The van der Waals surface area contributed by atoms with Crippen LogP contribution in [-0.4, -0.2) is 11.5 Å². The molecule has 1 rings (SSSR count). The van der Waals surface area contributed by atoms with E-state index in [1.807, 2.05) is 0 Å². The summed E-state index contributed by atoms with van der Waals surface area (Å²) in [6.07, 6.45) is 0. The van der Waals surface area contributed by atoms with Crippen LogP contribution in [0.25, 0.3) is 0 Å². The fourth-order valence-electron chi connectivity index (χ4n) is 1.38. The molecule has 0 radical (unpaired) electrons. The van der Waals surface area contributed by atoms with E-state index in [1.54, 1.807) is 12.1 Å². The maximum atomic E-state index is 10.8. The van der Waals surface area contributed by atoms with E-state index in [4.69, 9.17) is 11.6 Å². The summed E-state index contributed by atoms with van der Waals surface area (Å²) in [6.45, 7) is 5.39. The molecule has 0 aromatic heterocycles. The van der Waals surface area contributed by atoms with Crippen molar-refractivity contribution in [1.29, 1.82) is 0 Å². The molecule has 0 saturated heterocycles. The van der Waals surface area contributed by atoms with E-state index >= 15 is 0 Å². The molecule has 5 heteroatoms. The fraction of sp³-hybridized carbons (Fsp3) is 0.455. The molecule has 88 valence electrons. The summed E-state index contributed by atoms with van der Waals surface area (Å²) in [5.74, 6) is 0.501. The quantitative estimate of drug-likeness (QED) is 0.638. The van der Waals surface area contributed by atoms with Crippen LogP contribution in [0.5, 0.6) is 0 Å². The van der Waals surface area contributed by atoms with Gasteiger partial charge in [0, 0.05) is 12.6 Å². The van der Waals surface area contributed by atoms with Crippen LogP contribution in [0.3, 0.4) is 0 Å². The SMILES string of the molecule is CC(C)CNCc1c(Cl)cccc1[N+](=O)[O-]. The van der Waals surface area contributed by atoms with E-state index in [0.717, 1.165) is 6.54 Å². The van der Waals surface area contributed by atoms with Crippen LogP contribution in [0.1, 0.15) is 19.4 Å². The van der Waals surface area contributed by atoms with E-state index < -0.39 is 4.92 Å². The summed E-state index contributed by atoms with van der Waals surface area (Å²) in [5.41, 5.74) is 0.624. The lowest BCUT2D eigenvalue weighted by Crippen LogP contribution is -2.19. The Hall–Kier alpha value is -1.13. The van der Waals surface area contributed by atoms with Gasteiger partial charge in [0.1, 0.15) is 0 Å². The van der Waals surface area contributed by atoms with Crippen molar-refractivity contribution in [3.63, 3.8) is 0 Å². The smallest absolute Gasteiger partial charge is 0.275 e. The first kappa shape index (κ1) is 12.9. The molecule has 0 aliphatic rings. The average Bonchev–Trinajstić information content (AvgIpc) is 2.19. The van der Waals surface area contributed by atoms with Crippen molar-refractivity contribution < 1.29 is 4.92 Å². The van der Waals surface area contributed by atoms with Gasteiger partial charge in [-0.25, -0.2) is 0 Å². The first-order valence-corrected chi connectivity index (χ1v) is 5.52. The summed E-state index contributed by atoms with van der Waals surface area (Å²) in [5, 5.41) is 14.4. The molecule has 0 heterocycles. The second-order valence-electron chi connectivity index (χ2n) is 4.02. The van der Waals surface area contributed by atoms with E-state index in [-0.39, 0.29) is 5.69 Å². The molecule has 16 heavy (non-hydrogen) atoms. The zero-order chi connectivity index (χ0) is 12.1. The van der Waals surface area contributed by atoms with Gasteiger partial charge < -0.3 is 5.32 Å². The van der Waals surface area contributed by atoms with E-state index in [1.165, 1.54) is 6.07 Å². The van der Waals surface area contributed by atoms with Crippen LogP contribution in [0, 0.1) is 16.0 Å². The Kier molecular flexibility index (Phi) is 4.71. The standard InChI is InChI=1S/C11H15ClN2O2/c1-8(2)6-13-7-9-10(12)4-3-5-11(9)14(15)16/h3-5,8,13H,6-7H2,1-2H3. The third-order valence-electron chi connectivity index (χ3n) is 2.15. The van der Waals surface area contributed by atoms with Crippen molar-refractivity contribution in [3.05, 3.63) is 38.9 Å². The lowest BCUT2D eigenvalue weighted by Gasteiger charge is -2.09. The Morgan fingerprint density at radius 2 is 2.19 bits per heavy atom. The van der Waals surface area contributed by atoms with Gasteiger partial charge in [0.25, 0.3) is 5.69 Å². The van der Waals surface area contributed by atoms with Gasteiger partial charge in [0.2, 0.25) is 0 Å². The molecule has 0 amide bonds. The van der Waals surface area contributed by atoms with Gasteiger partial charge in [0.05, 0.1) is 15.5 Å². The average molecular weight is 243 g/mol. The van der Waals surface area contributed by atoms with Crippen LogP contribution >= 0.6 is 11.6 Å². The minimum absolute atomic E-state index is 0.0729. The summed E-state index contributed by atoms with van der Waals surface area (Å²) >= 11 is 5.94. The highest BCUT2D eigenvalue weighted by atomic mass is 35.5. The number of rotatable bonds is 5. The van der Waals surface area contributed by atoms with Crippen LogP contribution in [0.4, 0.5) is 5.69 Å². The minimum atomic E-state index is -0.404. The lowest BCUT2D eigenvalue weighted by molar-refractivity contribution is -0.385. The summed E-state index contributed by atoms with van der Waals surface area (Å²) in [6, 6.07) is 4.73. The number of nitrogens with one attached hydrogen (secondary N) is 1. The highest BCUT2D eigenvalue weighted by molar-refractivity contribution is 6.31. The molecule has 0 saturated carbocycles. The first-order chi connectivity index (χ1) is 7.52. The topological polar surface area (TPSA) is 55.2 Å². The molecular formula is C11H15ClN2O2. The van der Waals surface area contributed by atoms with Crippen molar-refractivity contribution in [2.24, 2.45) is 5.92 Å². The molecule has 0 fully saturated rings. The number of benzene rings is 1. The van der Waals surface area contributed by atoms with Gasteiger partial charge in [-0.1, -0.05) is 31.5 Å².